The fraction of sp³-hybridized carbons (Fsp3) is 0.389. The largest absolute Gasteiger partial charge is 0.345 e. The monoisotopic (exact) mass is 326 g/mol. The van der Waals surface area contributed by atoms with E-state index in [4.69, 9.17) is 0 Å². The van der Waals surface area contributed by atoms with Gasteiger partial charge in [-0.1, -0.05) is 6.07 Å². The number of benzene rings is 1. The average molecular weight is 326 g/mol. The van der Waals surface area contributed by atoms with Crippen LogP contribution in [0.5, 0.6) is 0 Å². The summed E-state index contributed by atoms with van der Waals surface area (Å²) >= 11 is 0. The van der Waals surface area contributed by atoms with E-state index in [0.29, 0.717) is 30.1 Å². The molecule has 126 valence electrons. The smallest absolute Gasteiger partial charge is 0.253 e. The van der Waals surface area contributed by atoms with E-state index in [0.717, 1.165) is 18.5 Å². The maximum atomic E-state index is 12.7. The number of carbonyl (C=O) groups is 2. The molecule has 1 aliphatic rings. The van der Waals surface area contributed by atoms with E-state index in [2.05, 4.69) is 10.2 Å². The Hall–Kier alpha value is -2.63. The Kier molecular flexibility index (Phi) is 4.64. The van der Waals surface area contributed by atoms with Gasteiger partial charge in [0, 0.05) is 56.1 Å². The van der Waals surface area contributed by atoms with Crippen LogP contribution in [0.15, 0.2) is 36.5 Å². The number of carbonyl (C=O) groups excluding carboxylic acids is 2. The summed E-state index contributed by atoms with van der Waals surface area (Å²) in [5.74, 6) is 0.326. The Labute approximate surface area is 141 Å². The first kappa shape index (κ1) is 16.2. The molecule has 0 saturated carbocycles. The number of hydrogen-bond donors (Lipinski definition) is 1. The molecule has 24 heavy (non-hydrogen) atoms. The highest BCUT2D eigenvalue weighted by molar-refractivity contribution is 5.99. The number of aromatic nitrogens is 2. The highest BCUT2D eigenvalue weighted by atomic mass is 16.2. The van der Waals surface area contributed by atoms with E-state index in [9.17, 15) is 9.59 Å². The molecule has 1 aromatic heterocycles. The SMILES string of the molecule is CN(C)C(=O)c1cccc(C(=O)N2CCC(c3ccn[nH]3)CC2)c1. The molecule has 1 aliphatic heterocycles. The van der Waals surface area contributed by atoms with Gasteiger partial charge in [0.15, 0.2) is 0 Å². The second-order valence-electron chi connectivity index (χ2n) is 6.36. The first-order valence-corrected chi connectivity index (χ1v) is 8.16. The molecule has 0 spiro atoms. The van der Waals surface area contributed by atoms with Crippen molar-refractivity contribution in [1.82, 2.24) is 20.0 Å². The predicted octanol–water partition coefficient (Wildman–Crippen LogP) is 2.13. The number of amides is 2. The Bertz CT molecular complexity index is 716. The van der Waals surface area contributed by atoms with Crippen molar-refractivity contribution in [2.45, 2.75) is 18.8 Å². The van der Waals surface area contributed by atoms with Gasteiger partial charge in [-0.3, -0.25) is 14.7 Å². The van der Waals surface area contributed by atoms with Crippen LogP contribution in [0.1, 0.15) is 45.2 Å². The van der Waals surface area contributed by atoms with Crippen LogP contribution in [-0.4, -0.2) is 59.0 Å². The van der Waals surface area contributed by atoms with Crippen LogP contribution in [0, 0.1) is 0 Å². The van der Waals surface area contributed by atoms with Crippen LogP contribution in [0.25, 0.3) is 0 Å². The second kappa shape index (κ2) is 6.86. The van der Waals surface area contributed by atoms with Crippen molar-refractivity contribution in [3.63, 3.8) is 0 Å². The van der Waals surface area contributed by atoms with E-state index >= 15 is 0 Å². The molecule has 3 rings (SSSR count). The van der Waals surface area contributed by atoms with Crippen molar-refractivity contribution >= 4 is 11.8 Å². The minimum Gasteiger partial charge on any atom is -0.345 e. The summed E-state index contributed by atoms with van der Waals surface area (Å²) in [5.41, 5.74) is 2.25. The molecule has 0 aliphatic carbocycles. The summed E-state index contributed by atoms with van der Waals surface area (Å²) in [7, 11) is 3.41. The molecule has 1 aromatic carbocycles. The summed E-state index contributed by atoms with van der Waals surface area (Å²) in [6.45, 7) is 1.43. The minimum absolute atomic E-state index is 0.00790. The zero-order valence-electron chi connectivity index (χ0n) is 14.0. The van der Waals surface area contributed by atoms with Crippen LogP contribution in [0.2, 0.25) is 0 Å². The van der Waals surface area contributed by atoms with Gasteiger partial charge in [0.25, 0.3) is 11.8 Å². The van der Waals surface area contributed by atoms with E-state index in [1.807, 2.05) is 11.0 Å². The number of aromatic amines is 1. The Morgan fingerprint density at radius 2 is 1.88 bits per heavy atom. The molecular formula is C18H22N4O2. The van der Waals surface area contributed by atoms with Crippen molar-refractivity contribution in [1.29, 1.82) is 0 Å². The molecule has 2 aromatic rings. The second-order valence-corrected chi connectivity index (χ2v) is 6.36. The summed E-state index contributed by atoms with van der Waals surface area (Å²) in [6.07, 6.45) is 3.61. The molecular weight excluding hydrogens is 304 g/mol. The number of H-pyrrole nitrogens is 1. The molecule has 2 heterocycles. The predicted molar refractivity (Wildman–Crippen MR) is 90.9 cm³/mol. The van der Waals surface area contributed by atoms with Gasteiger partial charge in [-0.15, -0.1) is 0 Å². The summed E-state index contributed by atoms with van der Waals surface area (Å²) in [5, 5.41) is 7.02. The zero-order chi connectivity index (χ0) is 17.1. The van der Waals surface area contributed by atoms with Gasteiger partial charge < -0.3 is 9.80 Å². The van der Waals surface area contributed by atoms with Gasteiger partial charge >= 0.3 is 0 Å². The van der Waals surface area contributed by atoms with Crippen LogP contribution in [0.4, 0.5) is 0 Å². The number of hydrogen-bond acceptors (Lipinski definition) is 3. The van der Waals surface area contributed by atoms with Crippen molar-refractivity contribution in [3.8, 4) is 0 Å². The first-order chi connectivity index (χ1) is 11.6. The Balaban J connectivity index is 1.67. The lowest BCUT2D eigenvalue weighted by atomic mass is 9.93. The summed E-state index contributed by atoms with van der Waals surface area (Å²) in [4.78, 5) is 28.2. The zero-order valence-corrected chi connectivity index (χ0v) is 14.0. The van der Waals surface area contributed by atoms with Crippen LogP contribution < -0.4 is 0 Å². The molecule has 1 fully saturated rings. The van der Waals surface area contributed by atoms with Gasteiger partial charge in [0.2, 0.25) is 0 Å². The lowest BCUT2D eigenvalue weighted by Gasteiger charge is -2.31. The number of likely N-dealkylation sites (tertiary alicyclic amines) is 1. The molecule has 2 amide bonds. The standard InChI is InChI=1S/C18H22N4O2/c1-21(2)17(23)14-4-3-5-15(12-14)18(24)22-10-7-13(8-11-22)16-6-9-19-20-16/h3-6,9,12-13H,7-8,10-11H2,1-2H3,(H,19,20). The fourth-order valence-corrected chi connectivity index (χ4v) is 3.11. The highest BCUT2D eigenvalue weighted by Gasteiger charge is 2.25. The maximum absolute atomic E-state index is 12.7. The van der Waals surface area contributed by atoms with Gasteiger partial charge in [0.05, 0.1) is 0 Å². The fourth-order valence-electron chi connectivity index (χ4n) is 3.11. The molecule has 0 unspecified atom stereocenters. The summed E-state index contributed by atoms with van der Waals surface area (Å²) in [6, 6.07) is 8.96. The molecule has 6 heteroatoms. The Morgan fingerprint density at radius 3 is 2.50 bits per heavy atom. The van der Waals surface area contributed by atoms with E-state index in [1.54, 1.807) is 44.6 Å². The van der Waals surface area contributed by atoms with Crippen molar-refractivity contribution in [3.05, 3.63) is 53.3 Å². The lowest BCUT2D eigenvalue weighted by molar-refractivity contribution is 0.0712. The van der Waals surface area contributed by atoms with Crippen molar-refractivity contribution in [2.24, 2.45) is 0 Å². The van der Waals surface area contributed by atoms with Gasteiger partial charge in [-0.05, 0) is 37.1 Å². The number of rotatable bonds is 3. The average Bonchev–Trinajstić information content (AvgIpc) is 3.15. The van der Waals surface area contributed by atoms with Crippen LogP contribution >= 0.6 is 0 Å². The third kappa shape index (κ3) is 3.32. The number of nitrogens with one attached hydrogen (secondary N) is 1. The molecule has 1 saturated heterocycles. The third-order valence-corrected chi connectivity index (χ3v) is 4.51. The Morgan fingerprint density at radius 1 is 1.17 bits per heavy atom. The highest BCUT2D eigenvalue weighted by Crippen LogP contribution is 2.27. The summed E-state index contributed by atoms with van der Waals surface area (Å²) < 4.78 is 0. The molecule has 0 atom stereocenters. The molecule has 0 radical (unpaired) electrons. The van der Waals surface area contributed by atoms with Crippen molar-refractivity contribution < 1.29 is 9.59 Å². The number of nitrogens with zero attached hydrogens (tertiary/aromatic N) is 3. The van der Waals surface area contributed by atoms with E-state index in [-0.39, 0.29) is 11.8 Å². The maximum Gasteiger partial charge on any atom is 0.253 e. The van der Waals surface area contributed by atoms with Crippen LogP contribution in [-0.2, 0) is 0 Å². The minimum atomic E-state index is -0.0948. The molecule has 6 nitrogen and oxygen atoms in total. The lowest BCUT2D eigenvalue weighted by Crippen LogP contribution is -2.38. The molecule has 0 bridgehead atoms. The molecule has 1 N–H and O–H groups in total. The quantitative estimate of drug-likeness (QED) is 0.939. The van der Waals surface area contributed by atoms with Gasteiger partial charge in [-0.25, -0.2) is 0 Å². The van der Waals surface area contributed by atoms with Crippen LogP contribution in [0.3, 0.4) is 0 Å². The topological polar surface area (TPSA) is 69.3 Å². The third-order valence-electron chi connectivity index (χ3n) is 4.51. The van der Waals surface area contributed by atoms with Gasteiger partial charge in [-0.2, -0.15) is 5.10 Å². The normalized spacial score (nSPS) is 15.3. The van der Waals surface area contributed by atoms with E-state index < -0.39 is 0 Å². The van der Waals surface area contributed by atoms with Crippen molar-refractivity contribution in [2.75, 3.05) is 27.2 Å². The number of piperidine rings is 1. The van der Waals surface area contributed by atoms with Gasteiger partial charge in [0.1, 0.15) is 0 Å². The first-order valence-electron chi connectivity index (χ1n) is 8.16. The van der Waals surface area contributed by atoms with E-state index in [1.165, 1.54) is 4.90 Å².